The van der Waals surface area contributed by atoms with Crippen molar-refractivity contribution in [2.75, 3.05) is 33.4 Å². The van der Waals surface area contributed by atoms with Crippen LogP contribution in [0.3, 0.4) is 0 Å². The summed E-state index contributed by atoms with van der Waals surface area (Å²) in [6.07, 6.45) is 0. The molecule has 1 fully saturated rings. The van der Waals surface area contributed by atoms with Crippen LogP contribution < -0.4 is 0 Å². The van der Waals surface area contributed by atoms with Crippen molar-refractivity contribution in [2.45, 2.75) is 26.3 Å². The van der Waals surface area contributed by atoms with Crippen LogP contribution in [-0.2, 0) is 9.53 Å². The molecule has 0 bridgehead atoms. The van der Waals surface area contributed by atoms with Gasteiger partial charge < -0.3 is 19.6 Å². The lowest BCUT2D eigenvalue weighted by molar-refractivity contribution is -0.141. The van der Waals surface area contributed by atoms with Gasteiger partial charge in [0.15, 0.2) is 0 Å². The molecule has 2 amide bonds. The minimum Gasteiger partial charge on any atom is -0.481 e. The van der Waals surface area contributed by atoms with Crippen molar-refractivity contribution >= 4 is 12.0 Å². The molecule has 104 valence electrons. The number of nitrogens with zero attached hydrogens (tertiary/aromatic N) is 2. The summed E-state index contributed by atoms with van der Waals surface area (Å²) in [5.74, 6) is -1.46. The molecule has 1 atom stereocenters. The fourth-order valence-corrected chi connectivity index (χ4v) is 1.99. The number of morpholine rings is 1. The highest BCUT2D eigenvalue weighted by Gasteiger charge is 2.36. The highest BCUT2D eigenvalue weighted by atomic mass is 16.5. The summed E-state index contributed by atoms with van der Waals surface area (Å²) in [5, 5.41) is 8.85. The second kappa shape index (κ2) is 5.56. The van der Waals surface area contributed by atoms with E-state index < -0.39 is 11.9 Å². The van der Waals surface area contributed by atoms with E-state index in [1.54, 1.807) is 18.9 Å². The molecule has 6 heteroatoms. The predicted molar refractivity (Wildman–Crippen MR) is 66.4 cm³/mol. The molecule has 0 aromatic heterocycles. The molecule has 0 radical (unpaired) electrons. The minimum absolute atomic E-state index is 0.142. The van der Waals surface area contributed by atoms with E-state index in [4.69, 9.17) is 9.84 Å². The fourth-order valence-electron chi connectivity index (χ4n) is 1.99. The molecule has 0 aromatic rings. The zero-order valence-electron chi connectivity index (χ0n) is 11.5. The second-order valence-electron chi connectivity index (χ2n) is 5.42. The van der Waals surface area contributed by atoms with Crippen LogP contribution in [0, 0.1) is 5.92 Å². The summed E-state index contributed by atoms with van der Waals surface area (Å²) in [6, 6.07) is -0.142. The molecule has 1 heterocycles. The Labute approximate surface area is 107 Å². The summed E-state index contributed by atoms with van der Waals surface area (Å²) in [4.78, 5) is 26.3. The predicted octanol–water partition coefficient (Wildman–Crippen LogP) is 0.870. The summed E-state index contributed by atoms with van der Waals surface area (Å²) in [5.41, 5.74) is -0.351. The smallest absolute Gasteiger partial charge is 0.320 e. The molecular weight excluding hydrogens is 236 g/mol. The third-order valence-electron chi connectivity index (χ3n) is 3.17. The lowest BCUT2D eigenvalue weighted by atomic mass is 10.0. The number of carboxylic acids is 1. The molecule has 0 aliphatic carbocycles. The number of ether oxygens (including phenoxy) is 1. The molecule has 1 rings (SSSR count). The summed E-state index contributed by atoms with van der Waals surface area (Å²) < 4.78 is 5.36. The average Bonchev–Trinajstić information content (AvgIpc) is 2.27. The van der Waals surface area contributed by atoms with Gasteiger partial charge in [0, 0.05) is 20.1 Å². The van der Waals surface area contributed by atoms with Gasteiger partial charge in [-0.1, -0.05) is 6.92 Å². The van der Waals surface area contributed by atoms with Gasteiger partial charge in [-0.2, -0.15) is 0 Å². The topological polar surface area (TPSA) is 70.1 Å². The van der Waals surface area contributed by atoms with Gasteiger partial charge in [-0.25, -0.2) is 4.79 Å². The summed E-state index contributed by atoms with van der Waals surface area (Å²) in [6.45, 7) is 7.26. The van der Waals surface area contributed by atoms with Crippen LogP contribution in [0.2, 0.25) is 0 Å². The third kappa shape index (κ3) is 3.35. The van der Waals surface area contributed by atoms with Crippen molar-refractivity contribution in [2.24, 2.45) is 5.92 Å². The highest BCUT2D eigenvalue weighted by Crippen LogP contribution is 2.20. The zero-order chi connectivity index (χ0) is 13.9. The van der Waals surface area contributed by atoms with Crippen LogP contribution in [0.5, 0.6) is 0 Å². The van der Waals surface area contributed by atoms with Crippen LogP contribution in [0.1, 0.15) is 20.8 Å². The summed E-state index contributed by atoms with van der Waals surface area (Å²) >= 11 is 0. The first-order valence-electron chi connectivity index (χ1n) is 6.09. The number of carbonyl (C=O) groups is 2. The second-order valence-corrected chi connectivity index (χ2v) is 5.42. The SMILES string of the molecule is CC(CN(C)C(=O)N1CCOCC1(C)C)C(=O)O. The van der Waals surface area contributed by atoms with E-state index in [9.17, 15) is 9.59 Å². The maximum atomic E-state index is 12.3. The lowest BCUT2D eigenvalue weighted by Crippen LogP contribution is -2.59. The number of carbonyl (C=O) groups excluding carboxylic acids is 1. The van der Waals surface area contributed by atoms with Crippen LogP contribution >= 0.6 is 0 Å². The Morgan fingerprint density at radius 3 is 2.61 bits per heavy atom. The minimum atomic E-state index is -0.893. The van der Waals surface area contributed by atoms with Gasteiger partial charge in [0.1, 0.15) is 0 Å². The van der Waals surface area contributed by atoms with Gasteiger partial charge in [0.05, 0.1) is 24.7 Å². The van der Waals surface area contributed by atoms with E-state index in [2.05, 4.69) is 0 Å². The number of rotatable bonds is 3. The first kappa shape index (κ1) is 14.8. The molecular formula is C12H22N2O4. The van der Waals surface area contributed by atoms with E-state index in [0.29, 0.717) is 19.8 Å². The molecule has 1 aliphatic rings. The quantitative estimate of drug-likeness (QED) is 0.815. The molecule has 0 aromatic carbocycles. The number of amides is 2. The molecule has 1 aliphatic heterocycles. The Balaban J connectivity index is 2.65. The normalized spacial score (nSPS) is 20.3. The van der Waals surface area contributed by atoms with E-state index in [1.807, 2.05) is 13.8 Å². The molecule has 1 saturated heterocycles. The molecule has 1 unspecified atom stereocenters. The molecule has 6 nitrogen and oxygen atoms in total. The van der Waals surface area contributed by atoms with Crippen molar-refractivity contribution in [1.29, 1.82) is 0 Å². The fraction of sp³-hybridized carbons (Fsp3) is 0.833. The Bertz CT molecular complexity index is 330. The van der Waals surface area contributed by atoms with E-state index >= 15 is 0 Å². The van der Waals surface area contributed by atoms with Crippen LogP contribution in [0.4, 0.5) is 4.79 Å². The van der Waals surface area contributed by atoms with Gasteiger partial charge in [-0.05, 0) is 13.8 Å². The van der Waals surface area contributed by atoms with Crippen LogP contribution in [-0.4, -0.2) is 65.8 Å². The van der Waals surface area contributed by atoms with Gasteiger partial charge in [-0.15, -0.1) is 0 Å². The molecule has 0 saturated carbocycles. The number of hydrogen-bond acceptors (Lipinski definition) is 3. The van der Waals surface area contributed by atoms with Gasteiger partial charge in [0.25, 0.3) is 0 Å². The number of aliphatic carboxylic acids is 1. The number of carboxylic acid groups (broad SMARTS) is 1. The van der Waals surface area contributed by atoms with Crippen LogP contribution in [0.15, 0.2) is 0 Å². The maximum absolute atomic E-state index is 12.3. The monoisotopic (exact) mass is 258 g/mol. The van der Waals surface area contributed by atoms with Crippen molar-refractivity contribution < 1.29 is 19.4 Å². The van der Waals surface area contributed by atoms with E-state index in [1.165, 1.54) is 4.90 Å². The molecule has 1 N–H and O–H groups in total. The molecule has 0 spiro atoms. The first-order valence-corrected chi connectivity index (χ1v) is 6.09. The van der Waals surface area contributed by atoms with Crippen LogP contribution in [0.25, 0.3) is 0 Å². The van der Waals surface area contributed by atoms with Crippen molar-refractivity contribution in [3.63, 3.8) is 0 Å². The van der Waals surface area contributed by atoms with Gasteiger partial charge in [-0.3, -0.25) is 4.79 Å². The Morgan fingerprint density at radius 1 is 1.50 bits per heavy atom. The zero-order valence-corrected chi connectivity index (χ0v) is 11.5. The Kier molecular flexibility index (Phi) is 4.56. The van der Waals surface area contributed by atoms with Gasteiger partial charge in [0.2, 0.25) is 0 Å². The first-order chi connectivity index (χ1) is 8.25. The molecule has 18 heavy (non-hydrogen) atoms. The number of urea groups is 1. The van der Waals surface area contributed by atoms with E-state index in [0.717, 1.165) is 0 Å². The lowest BCUT2D eigenvalue weighted by Gasteiger charge is -2.43. The van der Waals surface area contributed by atoms with Crippen molar-refractivity contribution in [3.8, 4) is 0 Å². The Hall–Kier alpha value is -1.30. The van der Waals surface area contributed by atoms with Gasteiger partial charge >= 0.3 is 12.0 Å². The average molecular weight is 258 g/mol. The largest absolute Gasteiger partial charge is 0.481 e. The Morgan fingerprint density at radius 2 is 2.11 bits per heavy atom. The van der Waals surface area contributed by atoms with E-state index in [-0.39, 0.29) is 18.1 Å². The summed E-state index contributed by atoms with van der Waals surface area (Å²) in [7, 11) is 1.63. The maximum Gasteiger partial charge on any atom is 0.320 e. The van der Waals surface area contributed by atoms with Crippen molar-refractivity contribution in [1.82, 2.24) is 9.80 Å². The number of hydrogen-bond donors (Lipinski definition) is 1. The highest BCUT2D eigenvalue weighted by molar-refractivity contribution is 5.76. The third-order valence-corrected chi connectivity index (χ3v) is 3.17. The van der Waals surface area contributed by atoms with Crippen molar-refractivity contribution in [3.05, 3.63) is 0 Å². The standard InChI is InChI=1S/C12H22N2O4/c1-9(10(15)16)7-13(4)11(17)14-5-6-18-8-12(14,2)3/h9H,5-8H2,1-4H3,(H,15,16).